The zero-order valence-electron chi connectivity index (χ0n) is 8.75. The standard InChI is InChI=1S/C11H19NO2/c1-3-4-5-7-12-9-11(13)6-8-14-10(11)2/h1,10,12-13H,4-9H2,2H3. The van der Waals surface area contributed by atoms with Crippen molar-refractivity contribution in [3.8, 4) is 12.3 Å². The lowest BCUT2D eigenvalue weighted by molar-refractivity contribution is -0.0259. The fourth-order valence-electron chi connectivity index (χ4n) is 1.62. The zero-order valence-corrected chi connectivity index (χ0v) is 8.75. The zero-order chi connectivity index (χ0) is 10.4. The van der Waals surface area contributed by atoms with Gasteiger partial charge in [-0.05, 0) is 19.9 Å². The van der Waals surface area contributed by atoms with E-state index in [4.69, 9.17) is 11.2 Å². The Kier molecular flexibility index (Phi) is 4.40. The van der Waals surface area contributed by atoms with Gasteiger partial charge in [0.1, 0.15) is 5.60 Å². The molecule has 0 amide bonds. The number of rotatable bonds is 5. The van der Waals surface area contributed by atoms with E-state index in [1.54, 1.807) is 0 Å². The first-order chi connectivity index (χ1) is 6.69. The highest BCUT2D eigenvalue weighted by Crippen LogP contribution is 2.24. The number of hydrogen-bond acceptors (Lipinski definition) is 3. The molecule has 80 valence electrons. The van der Waals surface area contributed by atoms with E-state index in [9.17, 15) is 5.11 Å². The molecule has 1 fully saturated rings. The minimum absolute atomic E-state index is 0.0670. The van der Waals surface area contributed by atoms with E-state index < -0.39 is 5.60 Å². The molecule has 14 heavy (non-hydrogen) atoms. The average molecular weight is 197 g/mol. The van der Waals surface area contributed by atoms with Crippen molar-refractivity contribution >= 4 is 0 Å². The third-order valence-corrected chi connectivity index (χ3v) is 2.77. The van der Waals surface area contributed by atoms with Gasteiger partial charge in [-0.2, -0.15) is 0 Å². The summed E-state index contributed by atoms with van der Waals surface area (Å²) in [5, 5.41) is 13.3. The lowest BCUT2D eigenvalue weighted by atomic mass is 9.97. The molecule has 2 unspecified atom stereocenters. The second-order valence-corrected chi connectivity index (χ2v) is 3.85. The molecule has 1 heterocycles. The number of terminal acetylenes is 1. The van der Waals surface area contributed by atoms with Crippen LogP contribution in [-0.2, 0) is 4.74 Å². The van der Waals surface area contributed by atoms with E-state index in [1.807, 2.05) is 6.92 Å². The van der Waals surface area contributed by atoms with Gasteiger partial charge >= 0.3 is 0 Å². The van der Waals surface area contributed by atoms with E-state index in [2.05, 4.69) is 11.2 Å². The summed E-state index contributed by atoms with van der Waals surface area (Å²) >= 11 is 0. The summed E-state index contributed by atoms with van der Waals surface area (Å²) in [7, 11) is 0. The van der Waals surface area contributed by atoms with Crippen molar-refractivity contribution in [2.45, 2.75) is 37.9 Å². The highest BCUT2D eigenvalue weighted by molar-refractivity contribution is 4.91. The number of hydrogen-bond donors (Lipinski definition) is 2. The maximum Gasteiger partial charge on any atom is 0.105 e. The summed E-state index contributed by atoms with van der Waals surface area (Å²) in [4.78, 5) is 0. The predicted octanol–water partition coefficient (Wildman–Crippen LogP) is 0.529. The Balaban J connectivity index is 2.14. The first kappa shape index (κ1) is 11.5. The molecule has 1 rings (SSSR count). The summed E-state index contributed by atoms with van der Waals surface area (Å²) in [6.45, 7) is 4.03. The van der Waals surface area contributed by atoms with Crippen molar-refractivity contribution in [3.05, 3.63) is 0 Å². The van der Waals surface area contributed by atoms with Crippen LogP contribution in [0.2, 0.25) is 0 Å². The van der Waals surface area contributed by atoms with Crippen LogP contribution in [0.25, 0.3) is 0 Å². The number of ether oxygens (including phenoxy) is 1. The Morgan fingerprint density at radius 1 is 1.71 bits per heavy atom. The summed E-state index contributed by atoms with van der Waals surface area (Å²) in [5.74, 6) is 2.59. The van der Waals surface area contributed by atoms with Crippen LogP contribution in [0.3, 0.4) is 0 Å². The molecule has 2 atom stereocenters. The summed E-state index contributed by atoms with van der Waals surface area (Å²) < 4.78 is 5.32. The predicted molar refractivity (Wildman–Crippen MR) is 55.9 cm³/mol. The number of unbranched alkanes of at least 4 members (excludes halogenated alkanes) is 1. The van der Waals surface area contributed by atoms with E-state index in [-0.39, 0.29) is 6.10 Å². The Labute approximate surface area is 85.8 Å². The van der Waals surface area contributed by atoms with Gasteiger partial charge in [-0.3, -0.25) is 0 Å². The Bertz CT molecular complexity index is 212. The van der Waals surface area contributed by atoms with E-state index >= 15 is 0 Å². The molecular formula is C11H19NO2. The molecule has 0 spiro atoms. The quantitative estimate of drug-likeness (QED) is 0.499. The average Bonchev–Trinajstić information content (AvgIpc) is 2.47. The van der Waals surface area contributed by atoms with Gasteiger partial charge in [0.25, 0.3) is 0 Å². The van der Waals surface area contributed by atoms with Crippen LogP contribution in [0.5, 0.6) is 0 Å². The maximum absolute atomic E-state index is 10.1. The van der Waals surface area contributed by atoms with Crippen LogP contribution in [0.15, 0.2) is 0 Å². The molecule has 2 N–H and O–H groups in total. The molecular weight excluding hydrogens is 178 g/mol. The third kappa shape index (κ3) is 2.98. The van der Waals surface area contributed by atoms with Crippen molar-refractivity contribution in [1.82, 2.24) is 5.32 Å². The molecule has 0 aromatic heterocycles. The largest absolute Gasteiger partial charge is 0.386 e. The highest BCUT2D eigenvalue weighted by atomic mass is 16.5. The van der Waals surface area contributed by atoms with E-state index in [1.165, 1.54) is 0 Å². The summed E-state index contributed by atoms with van der Waals surface area (Å²) in [5.41, 5.74) is -0.684. The SMILES string of the molecule is C#CCCCNCC1(O)CCOC1C. The normalized spacial score (nSPS) is 31.6. The van der Waals surface area contributed by atoms with Crippen LogP contribution < -0.4 is 5.32 Å². The van der Waals surface area contributed by atoms with Crippen molar-refractivity contribution in [2.75, 3.05) is 19.7 Å². The molecule has 0 aliphatic carbocycles. The minimum Gasteiger partial charge on any atom is -0.386 e. The Morgan fingerprint density at radius 2 is 2.50 bits per heavy atom. The molecule has 0 bridgehead atoms. The van der Waals surface area contributed by atoms with Crippen LogP contribution >= 0.6 is 0 Å². The summed E-state index contributed by atoms with van der Waals surface area (Å²) in [6.07, 6.45) is 7.53. The smallest absolute Gasteiger partial charge is 0.105 e. The molecule has 3 nitrogen and oxygen atoms in total. The van der Waals surface area contributed by atoms with E-state index in [0.717, 1.165) is 25.8 Å². The van der Waals surface area contributed by atoms with Gasteiger partial charge in [0.05, 0.1) is 6.10 Å². The summed E-state index contributed by atoms with van der Waals surface area (Å²) in [6, 6.07) is 0. The molecule has 0 saturated carbocycles. The fraction of sp³-hybridized carbons (Fsp3) is 0.818. The van der Waals surface area contributed by atoms with Gasteiger partial charge < -0.3 is 15.2 Å². The first-order valence-corrected chi connectivity index (χ1v) is 5.17. The molecule has 3 heteroatoms. The third-order valence-electron chi connectivity index (χ3n) is 2.77. The molecule has 1 aliphatic heterocycles. The lowest BCUT2D eigenvalue weighted by Gasteiger charge is -2.26. The maximum atomic E-state index is 10.1. The van der Waals surface area contributed by atoms with Crippen molar-refractivity contribution in [2.24, 2.45) is 0 Å². The first-order valence-electron chi connectivity index (χ1n) is 5.17. The Morgan fingerprint density at radius 3 is 3.07 bits per heavy atom. The van der Waals surface area contributed by atoms with Gasteiger partial charge in [-0.25, -0.2) is 0 Å². The molecule has 1 aliphatic rings. The topological polar surface area (TPSA) is 41.5 Å². The fourth-order valence-corrected chi connectivity index (χ4v) is 1.62. The Hall–Kier alpha value is -0.560. The van der Waals surface area contributed by atoms with Crippen LogP contribution in [0.1, 0.15) is 26.2 Å². The van der Waals surface area contributed by atoms with Crippen molar-refractivity contribution in [1.29, 1.82) is 0 Å². The van der Waals surface area contributed by atoms with Crippen LogP contribution in [0, 0.1) is 12.3 Å². The van der Waals surface area contributed by atoms with Crippen LogP contribution in [-0.4, -0.2) is 36.5 Å². The highest BCUT2D eigenvalue weighted by Gasteiger charge is 2.38. The molecule has 0 aromatic rings. The second kappa shape index (κ2) is 5.35. The van der Waals surface area contributed by atoms with Gasteiger partial charge in [-0.1, -0.05) is 0 Å². The van der Waals surface area contributed by atoms with E-state index in [0.29, 0.717) is 13.2 Å². The number of nitrogens with one attached hydrogen (secondary N) is 1. The molecule has 1 saturated heterocycles. The monoisotopic (exact) mass is 197 g/mol. The van der Waals surface area contributed by atoms with Gasteiger partial charge in [0, 0.05) is 26.0 Å². The van der Waals surface area contributed by atoms with Gasteiger partial charge in [0.2, 0.25) is 0 Å². The van der Waals surface area contributed by atoms with Crippen LogP contribution in [0.4, 0.5) is 0 Å². The van der Waals surface area contributed by atoms with Crippen molar-refractivity contribution in [3.63, 3.8) is 0 Å². The lowest BCUT2D eigenvalue weighted by Crippen LogP contribution is -2.46. The minimum atomic E-state index is -0.684. The van der Waals surface area contributed by atoms with Gasteiger partial charge in [0.15, 0.2) is 0 Å². The molecule has 0 aromatic carbocycles. The van der Waals surface area contributed by atoms with Gasteiger partial charge in [-0.15, -0.1) is 12.3 Å². The molecule has 0 radical (unpaired) electrons. The second-order valence-electron chi connectivity index (χ2n) is 3.85. The van der Waals surface area contributed by atoms with Crippen molar-refractivity contribution < 1.29 is 9.84 Å². The number of aliphatic hydroxyl groups is 1.